The van der Waals surface area contributed by atoms with Crippen LogP contribution in [0.2, 0.25) is 0 Å². The van der Waals surface area contributed by atoms with E-state index in [1.807, 2.05) is 20.8 Å². The first-order valence-corrected chi connectivity index (χ1v) is 13.3. The molecule has 0 radical (unpaired) electrons. The molecule has 0 spiro atoms. The van der Waals surface area contributed by atoms with Gasteiger partial charge in [-0.3, -0.25) is 34.2 Å². The Morgan fingerprint density at radius 2 is 1.80 bits per heavy atom. The maximum absolute atomic E-state index is 13.9. The number of ether oxygens (including phenoxy) is 1. The van der Waals surface area contributed by atoms with Crippen LogP contribution in [0.3, 0.4) is 0 Å². The lowest BCUT2D eigenvalue weighted by atomic mass is 9.52. The van der Waals surface area contributed by atoms with Crippen molar-refractivity contribution >= 4 is 40.8 Å². The van der Waals surface area contributed by atoms with E-state index in [1.54, 1.807) is 0 Å². The molecule has 1 aromatic rings. The molecule has 0 aliphatic heterocycles. The van der Waals surface area contributed by atoms with Crippen molar-refractivity contribution in [3.63, 3.8) is 0 Å². The molecule has 41 heavy (non-hydrogen) atoms. The van der Waals surface area contributed by atoms with Gasteiger partial charge in [0.2, 0.25) is 5.91 Å². The molecule has 1 aromatic carbocycles. The molecule has 3 unspecified atom stereocenters. The highest BCUT2D eigenvalue weighted by atomic mass is 16.5. The number of rotatable bonds is 5. The van der Waals surface area contributed by atoms with Crippen molar-refractivity contribution in [3.05, 3.63) is 22.8 Å². The minimum absolute atomic E-state index is 0.0701. The quantitative estimate of drug-likeness (QED) is 0.232. The standard InChI is InChI=1S/C28H36N4O9/c1-27(2,3)10-41-26(39)31-15-8-12(9-29)13-6-11-7-14-19(32(4)5)22(35)18(25(30)38)24(37)28(14,40)23(36)16(11)21(34)17(13)20(15)33/h8,11,14,16,18-19,33,40H,6-7,9-10,29H2,1-5H3,(H2,30,38)(H,31,39)/t11-,14-,16?,18?,19?,28-/m0/s1. The fourth-order valence-corrected chi connectivity index (χ4v) is 6.45. The maximum Gasteiger partial charge on any atom is 0.411 e. The molecule has 0 saturated heterocycles. The van der Waals surface area contributed by atoms with E-state index in [0.29, 0.717) is 11.1 Å². The van der Waals surface area contributed by atoms with Crippen molar-refractivity contribution in [2.75, 3.05) is 26.0 Å². The molecule has 2 amide bonds. The van der Waals surface area contributed by atoms with Crippen molar-refractivity contribution in [2.45, 2.75) is 51.8 Å². The third kappa shape index (κ3) is 4.81. The van der Waals surface area contributed by atoms with Crippen LogP contribution in [0.15, 0.2) is 6.07 Å². The van der Waals surface area contributed by atoms with Crippen LogP contribution in [0.1, 0.15) is 48.7 Å². The Labute approximate surface area is 236 Å². The smallest absolute Gasteiger partial charge is 0.411 e. The summed E-state index contributed by atoms with van der Waals surface area (Å²) in [6.45, 7) is 5.58. The Morgan fingerprint density at radius 3 is 2.34 bits per heavy atom. The number of Topliss-reactive ketones (excluding diaryl/α,β-unsaturated/α-hetero) is 4. The molecule has 222 valence electrons. The Morgan fingerprint density at radius 1 is 1.17 bits per heavy atom. The second-order valence-corrected chi connectivity index (χ2v) is 12.5. The molecule has 3 aliphatic carbocycles. The summed E-state index contributed by atoms with van der Waals surface area (Å²) in [6, 6.07) is 0.235. The third-order valence-electron chi connectivity index (χ3n) is 8.25. The highest BCUT2D eigenvalue weighted by Gasteiger charge is 2.69. The summed E-state index contributed by atoms with van der Waals surface area (Å²) in [6.07, 6.45) is -0.885. The topological polar surface area (TPSA) is 219 Å². The van der Waals surface area contributed by atoms with Gasteiger partial charge in [-0.2, -0.15) is 0 Å². The summed E-state index contributed by atoms with van der Waals surface area (Å²) in [5.41, 5.74) is 8.53. The summed E-state index contributed by atoms with van der Waals surface area (Å²) in [4.78, 5) is 80.3. The number of likely N-dealkylation sites (N-methyl/N-ethyl adjacent to an activating group) is 1. The number of hydrogen-bond donors (Lipinski definition) is 5. The monoisotopic (exact) mass is 572 g/mol. The molecule has 2 fully saturated rings. The predicted octanol–water partition coefficient (Wildman–Crippen LogP) is -0.0797. The minimum Gasteiger partial charge on any atom is -0.505 e. The summed E-state index contributed by atoms with van der Waals surface area (Å²) in [5, 5.41) is 25.2. The summed E-state index contributed by atoms with van der Waals surface area (Å²) < 4.78 is 5.19. The van der Waals surface area contributed by atoms with Gasteiger partial charge in [0, 0.05) is 12.5 Å². The van der Waals surface area contributed by atoms with Gasteiger partial charge in [0.15, 0.2) is 34.7 Å². The lowest BCUT2D eigenvalue weighted by molar-refractivity contribution is -0.181. The van der Waals surface area contributed by atoms with Crippen LogP contribution in [-0.2, 0) is 36.9 Å². The average molecular weight is 573 g/mol. The molecule has 0 heterocycles. The second kappa shape index (κ2) is 10.3. The average Bonchev–Trinajstić information content (AvgIpc) is 2.85. The van der Waals surface area contributed by atoms with E-state index in [2.05, 4.69) is 5.32 Å². The zero-order valence-electron chi connectivity index (χ0n) is 23.6. The number of fused-ring (bicyclic) bond motifs is 3. The van der Waals surface area contributed by atoms with E-state index >= 15 is 0 Å². The van der Waals surface area contributed by atoms with Crippen molar-refractivity contribution in [2.24, 2.45) is 40.6 Å². The molecular formula is C28H36N4O9. The maximum atomic E-state index is 13.9. The molecule has 4 rings (SSSR count). The molecule has 3 aliphatic rings. The number of carbonyl (C=O) groups excluding carboxylic acids is 6. The molecular weight excluding hydrogens is 536 g/mol. The van der Waals surface area contributed by atoms with E-state index in [-0.39, 0.29) is 42.7 Å². The fraction of sp³-hybridized carbons (Fsp3) is 0.571. The van der Waals surface area contributed by atoms with Crippen molar-refractivity contribution in [1.29, 1.82) is 0 Å². The van der Waals surface area contributed by atoms with E-state index in [1.165, 1.54) is 25.1 Å². The number of nitrogens with one attached hydrogen (secondary N) is 1. The van der Waals surface area contributed by atoms with Gasteiger partial charge in [-0.25, -0.2) is 4.79 Å². The van der Waals surface area contributed by atoms with Crippen LogP contribution in [0.5, 0.6) is 5.75 Å². The van der Waals surface area contributed by atoms with Gasteiger partial charge in [-0.05, 0) is 55.5 Å². The van der Waals surface area contributed by atoms with Crippen molar-refractivity contribution in [3.8, 4) is 5.75 Å². The number of aliphatic hydroxyl groups is 1. The molecule has 13 nitrogen and oxygen atoms in total. The third-order valence-corrected chi connectivity index (χ3v) is 8.25. The van der Waals surface area contributed by atoms with Gasteiger partial charge in [0.25, 0.3) is 0 Å². The Balaban J connectivity index is 1.78. The van der Waals surface area contributed by atoms with E-state index in [0.717, 1.165) is 0 Å². The van der Waals surface area contributed by atoms with E-state index < -0.39 is 76.2 Å². The zero-order chi connectivity index (χ0) is 30.8. The molecule has 0 aromatic heterocycles. The SMILES string of the molecule is CN(C)C1C(=O)C(C(N)=O)C(=O)[C@@]2(O)C(=O)C3C(=O)c4c(O)c(NC(=O)OCC(C)(C)C)cc(CN)c4C[C@H]3C[C@@H]12. The van der Waals surface area contributed by atoms with Gasteiger partial charge >= 0.3 is 6.09 Å². The molecule has 0 bridgehead atoms. The van der Waals surface area contributed by atoms with Crippen molar-refractivity contribution in [1.82, 2.24) is 4.90 Å². The number of aromatic hydroxyl groups is 1. The first-order chi connectivity index (χ1) is 18.9. The Hall–Kier alpha value is -3.68. The van der Waals surface area contributed by atoms with Crippen molar-refractivity contribution < 1.29 is 43.7 Å². The second-order valence-electron chi connectivity index (χ2n) is 12.5. The number of phenolic OH excluding ortho intramolecular Hbond substituents is 1. The minimum atomic E-state index is -2.82. The van der Waals surface area contributed by atoms with Gasteiger partial charge < -0.3 is 26.4 Å². The van der Waals surface area contributed by atoms with E-state index in [4.69, 9.17) is 16.2 Å². The number of hydrogen-bond acceptors (Lipinski definition) is 11. The van der Waals surface area contributed by atoms with Crippen LogP contribution in [0.4, 0.5) is 10.5 Å². The van der Waals surface area contributed by atoms with Crippen LogP contribution < -0.4 is 16.8 Å². The number of carbonyl (C=O) groups is 6. The highest BCUT2D eigenvalue weighted by Crippen LogP contribution is 2.51. The van der Waals surface area contributed by atoms with Gasteiger partial charge in [-0.15, -0.1) is 0 Å². The summed E-state index contributed by atoms with van der Waals surface area (Å²) >= 11 is 0. The van der Waals surface area contributed by atoms with Crippen LogP contribution in [0, 0.1) is 29.1 Å². The largest absolute Gasteiger partial charge is 0.505 e. The van der Waals surface area contributed by atoms with Gasteiger partial charge in [0.05, 0.1) is 29.8 Å². The van der Waals surface area contributed by atoms with Gasteiger partial charge in [0.1, 0.15) is 5.75 Å². The van der Waals surface area contributed by atoms with Gasteiger partial charge in [-0.1, -0.05) is 20.8 Å². The Bertz CT molecular complexity index is 1360. The number of amides is 2. The highest BCUT2D eigenvalue weighted by molar-refractivity contribution is 6.32. The lowest BCUT2D eigenvalue weighted by Gasteiger charge is -2.52. The first-order valence-electron chi connectivity index (χ1n) is 13.3. The predicted molar refractivity (Wildman–Crippen MR) is 144 cm³/mol. The van der Waals surface area contributed by atoms with E-state index in [9.17, 15) is 39.0 Å². The number of benzene rings is 1. The number of phenols is 1. The number of nitrogens with zero attached hydrogens (tertiary/aromatic N) is 1. The normalized spacial score (nSPS) is 29.5. The molecule has 6 atom stereocenters. The Kier molecular flexibility index (Phi) is 7.61. The molecule has 2 saturated carbocycles. The van der Waals surface area contributed by atoms with Crippen LogP contribution in [-0.4, -0.2) is 82.6 Å². The number of primary amides is 1. The zero-order valence-corrected chi connectivity index (χ0v) is 23.6. The summed E-state index contributed by atoms with van der Waals surface area (Å²) in [7, 11) is 3.03. The molecule has 13 heteroatoms. The lowest BCUT2D eigenvalue weighted by Crippen LogP contribution is -2.74. The molecule has 7 N–H and O–H groups in total. The number of ketones is 4. The fourth-order valence-electron chi connectivity index (χ4n) is 6.45. The first kappa shape index (κ1) is 30.3. The van der Waals surface area contributed by atoms with Crippen LogP contribution >= 0.6 is 0 Å². The summed E-state index contributed by atoms with van der Waals surface area (Å²) in [5.74, 6) is -11.7. The van der Waals surface area contributed by atoms with Crippen LogP contribution in [0.25, 0.3) is 0 Å². The number of nitrogens with two attached hydrogens (primary N) is 2. The number of anilines is 1.